The summed E-state index contributed by atoms with van der Waals surface area (Å²) in [5, 5.41) is 2.89. The van der Waals surface area contributed by atoms with Crippen molar-refractivity contribution in [2.45, 2.75) is 33.3 Å². The van der Waals surface area contributed by atoms with Crippen LogP contribution < -0.4 is 15.0 Å². The zero-order valence-electron chi connectivity index (χ0n) is 13.0. The molecule has 1 atom stereocenters. The fourth-order valence-corrected chi connectivity index (χ4v) is 2.23. The van der Waals surface area contributed by atoms with Crippen LogP contribution in [0.25, 0.3) is 0 Å². The van der Waals surface area contributed by atoms with Crippen LogP contribution in [0.2, 0.25) is 0 Å². The van der Waals surface area contributed by atoms with Crippen molar-refractivity contribution in [1.29, 1.82) is 0 Å². The third-order valence-electron chi connectivity index (χ3n) is 3.44. The summed E-state index contributed by atoms with van der Waals surface area (Å²) in [5.74, 6) is 1.01. The van der Waals surface area contributed by atoms with Gasteiger partial charge in [0.05, 0.1) is 12.1 Å². The van der Waals surface area contributed by atoms with Gasteiger partial charge in [-0.15, -0.1) is 0 Å². The van der Waals surface area contributed by atoms with E-state index in [9.17, 15) is 9.59 Å². The molecule has 2 rings (SSSR count). The normalized spacial score (nSPS) is 17.5. The van der Waals surface area contributed by atoms with Crippen LogP contribution in [0, 0.1) is 5.92 Å². The number of likely N-dealkylation sites (N-methyl/N-ethyl adjacent to an activating group) is 1. The number of benzene rings is 1. The molecule has 0 saturated heterocycles. The molecule has 0 fully saturated rings. The fraction of sp³-hybridized carbons (Fsp3) is 0.500. The standard InChI is InChI=1S/C16H22N2O3/c1-10(2)9-17-15(19)8-12-5-6-14-13(7-12)18(4)16(20)11(3)21-14/h5-7,10-11H,8-9H2,1-4H3,(H,17,19). The Morgan fingerprint density at radius 1 is 1.43 bits per heavy atom. The summed E-state index contributed by atoms with van der Waals surface area (Å²) in [6.07, 6.45) is -0.167. The summed E-state index contributed by atoms with van der Waals surface area (Å²) in [5.41, 5.74) is 1.58. The van der Waals surface area contributed by atoms with E-state index in [1.165, 1.54) is 0 Å². The summed E-state index contributed by atoms with van der Waals surface area (Å²) >= 11 is 0. The maximum Gasteiger partial charge on any atom is 0.267 e. The average molecular weight is 290 g/mol. The summed E-state index contributed by atoms with van der Waals surface area (Å²) in [7, 11) is 1.73. The van der Waals surface area contributed by atoms with E-state index >= 15 is 0 Å². The van der Waals surface area contributed by atoms with Gasteiger partial charge in [-0.05, 0) is 30.5 Å². The van der Waals surface area contributed by atoms with Crippen molar-refractivity contribution in [2.75, 3.05) is 18.5 Å². The quantitative estimate of drug-likeness (QED) is 0.919. The molecule has 1 unspecified atom stereocenters. The smallest absolute Gasteiger partial charge is 0.267 e. The Kier molecular flexibility index (Phi) is 4.50. The van der Waals surface area contributed by atoms with E-state index in [0.29, 0.717) is 30.3 Å². The van der Waals surface area contributed by atoms with Crippen LogP contribution in [0.3, 0.4) is 0 Å². The van der Waals surface area contributed by atoms with Gasteiger partial charge in [0.25, 0.3) is 5.91 Å². The van der Waals surface area contributed by atoms with Crippen molar-refractivity contribution in [3.63, 3.8) is 0 Å². The Morgan fingerprint density at radius 3 is 2.81 bits per heavy atom. The molecule has 0 radical (unpaired) electrons. The lowest BCUT2D eigenvalue weighted by Crippen LogP contribution is -2.42. The second kappa shape index (κ2) is 6.16. The first-order valence-electron chi connectivity index (χ1n) is 7.22. The minimum atomic E-state index is -0.470. The summed E-state index contributed by atoms with van der Waals surface area (Å²) in [6, 6.07) is 5.53. The number of rotatable bonds is 4. The largest absolute Gasteiger partial charge is 0.479 e. The summed E-state index contributed by atoms with van der Waals surface area (Å²) in [6.45, 7) is 6.51. The Labute approximate surface area is 125 Å². The molecular formula is C16H22N2O3. The van der Waals surface area contributed by atoms with Crippen molar-refractivity contribution in [3.8, 4) is 5.75 Å². The molecule has 1 aliphatic rings. The van der Waals surface area contributed by atoms with E-state index in [1.54, 1.807) is 18.9 Å². The molecule has 1 aromatic carbocycles. The molecule has 0 aliphatic carbocycles. The van der Waals surface area contributed by atoms with Gasteiger partial charge in [-0.2, -0.15) is 0 Å². The molecule has 0 bridgehead atoms. The van der Waals surface area contributed by atoms with Crippen LogP contribution in [0.5, 0.6) is 5.75 Å². The van der Waals surface area contributed by atoms with Gasteiger partial charge in [-0.25, -0.2) is 0 Å². The molecule has 5 nitrogen and oxygen atoms in total. The van der Waals surface area contributed by atoms with Gasteiger partial charge in [0.15, 0.2) is 6.10 Å². The average Bonchev–Trinajstić information content (AvgIpc) is 2.43. The highest BCUT2D eigenvalue weighted by Crippen LogP contribution is 2.33. The van der Waals surface area contributed by atoms with Gasteiger partial charge in [0, 0.05) is 13.6 Å². The molecule has 0 aromatic heterocycles. The Balaban J connectivity index is 2.11. The zero-order valence-corrected chi connectivity index (χ0v) is 13.0. The van der Waals surface area contributed by atoms with Crippen molar-refractivity contribution in [3.05, 3.63) is 23.8 Å². The summed E-state index contributed by atoms with van der Waals surface area (Å²) in [4.78, 5) is 25.4. The minimum absolute atomic E-state index is 0.0114. The molecule has 2 amide bonds. The second-order valence-corrected chi connectivity index (χ2v) is 5.83. The van der Waals surface area contributed by atoms with Crippen molar-refractivity contribution in [2.24, 2.45) is 5.92 Å². The monoisotopic (exact) mass is 290 g/mol. The predicted octanol–water partition coefficient (Wildman–Crippen LogP) is 1.74. The molecule has 1 aromatic rings. The molecule has 0 saturated carbocycles. The third kappa shape index (κ3) is 3.54. The van der Waals surface area contributed by atoms with E-state index in [-0.39, 0.29) is 11.8 Å². The van der Waals surface area contributed by atoms with Crippen LogP contribution >= 0.6 is 0 Å². The van der Waals surface area contributed by atoms with Gasteiger partial charge in [0.2, 0.25) is 5.91 Å². The van der Waals surface area contributed by atoms with E-state index in [4.69, 9.17) is 4.74 Å². The molecule has 5 heteroatoms. The third-order valence-corrected chi connectivity index (χ3v) is 3.44. The first-order valence-corrected chi connectivity index (χ1v) is 7.22. The lowest BCUT2D eigenvalue weighted by molar-refractivity contribution is -0.125. The lowest BCUT2D eigenvalue weighted by Gasteiger charge is -2.30. The highest BCUT2D eigenvalue weighted by atomic mass is 16.5. The van der Waals surface area contributed by atoms with Gasteiger partial charge < -0.3 is 15.0 Å². The maximum absolute atomic E-state index is 11.9. The van der Waals surface area contributed by atoms with Gasteiger partial charge in [-0.3, -0.25) is 9.59 Å². The van der Waals surface area contributed by atoms with Crippen LogP contribution in [0.4, 0.5) is 5.69 Å². The molecule has 1 aliphatic heterocycles. The minimum Gasteiger partial charge on any atom is -0.479 e. The number of hydrogen-bond acceptors (Lipinski definition) is 3. The van der Waals surface area contributed by atoms with E-state index in [2.05, 4.69) is 19.2 Å². The van der Waals surface area contributed by atoms with Gasteiger partial charge in [-0.1, -0.05) is 19.9 Å². The molecule has 1 N–H and O–H groups in total. The Bertz CT molecular complexity index is 554. The Hall–Kier alpha value is -2.04. The van der Waals surface area contributed by atoms with E-state index in [1.807, 2.05) is 18.2 Å². The topological polar surface area (TPSA) is 58.6 Å². The number of fused-ring (bicyclic) bond motifs is 1. The highest BCUT2D eigenvalue weighted by Gasteiger charge is 2.28. The number of hydrogen-bond donors (Lipinski definition) is 1. The van der Waals surface area contributed by atoms with Gasteiger partial charge >= 0.3 is 0 Å². The van der Waals surface area contributed by atoms with Crippen LogP contribution in [0.1, 0.15) is 26.3 Å². The van der Waals surface area contributed by atoms with Crippen LogP contribution in [-0.4, -0.2) is 31.5 Å². The van der Waals surface area contributed by atoms with Crippen LogP contribution in [0.15, 0.2) is 18.2 Å². The zero-order chi connectivity index (χ0) is 15.6. The number of nitrogens with zero attached hydrogens (tertiary/aromatic N) is 1. The Morgan fingerprint density at radius 2 is 2.14 bits per heavy atom. The highest BCUT2D eigenvalue weighted by molar-refractivity contribution is 5.99. The number of ether oxygens (including phenoxy) is 1. The predicted molar refractivity (Wildman–Crippen MR) is 81.5 cm³/mol. The SMILES string of the molecule is CC(C)CNC(=O)Cc1ccc2c(c1)N(C)C(=O)C(C)O2. The fourth-order valence-electron chi connectivity index (χ4n) is 2.23. The van der Waals surface area contributed by atoms with Crippen molar-refractivity contribution in [1.82, 2.24) is 5.32 Å². The first-order chi connectivity index (χ1) is 9.88. The second-order valence-electron chi connectivity index (χ2n) is 5.83. The molecule has 1 heterocycles. The molecule has 0 spiro atoms. The van der Waals surface area contributed by atoms with Crippen LogP contribution in [-0.2, 0) is 16.0 Å². The van der Waals surface area contributed by atoms with Crippen molar-refractivity contribution >= 4 is 17.5 Å². The van der Waals surface area contributed by atoms with Gasteiger partial charge in [0.1, 0.15) is 5.75 Å². The van der Waals surface area contributed by atoms with E-state index < -0.39 is 6.10 Å². The number of anilines is 1. The number of carbonyl (C=O) groups excluding carboxylic acids is 2. The number of amides is 2. The maximum atomic E-state index is 11.9. The lowest BCUT2D eigenvalue weighted by atomic mass is 10.1. The molecular weight excluding hydrogens is 268 g/mol. The number of nitrogens with one attached hydrogen (secondary N) is 1. The van der Waals surface area contributed by atoms with E-state index in [0.717, 1.165) is 5.56 Å². The number of carbonyl (C=O) groups is 2. The molecule has 114 valence electrons. The summed E-state index contributed by atoms with van der Waals surface area (Å²) < 4.78 is 5.56. The van der Waals surface area contributed by atoms with Crippen molar-refractivity contribution < 1.29 is 14.3 Å². The first kappa shape index (κ1) is 15.4. The molecule has 21 heavy (non-hydrogen) atoms.